The summed E-state index contributed by atoms with van der Waals surface area (Å²) in [6, 6.07) is 5.34. The van der Waals surface area contributed by atoms with Gasteiger partial charge in [0.25, 0.3) is 0 Å². The molecule has 0 N–H and O–H groups in total. The van der Waals surface area contributed by atoms with Gasteiger partial charge >= 0.3 is 11.9 Å². The molecular weight excluding hydrogens is 255 g/mol. The Balaban J connectivity index is 2.27. The Morgan fingerprint density at radius 3 is 2.58 bits per heavy atom. The Bertz CT molecular complexity index is 484. The van der Waals surface area contributed by atoms with E-state index in [0.717, 1.165) is 6.07 Å². The monoisotopic (exact) mass is 268 g/mol. The minimum atomic E-state index is -0.954. The lowest BCUT2D eigenvalue weighted by Crippen LogP contribution is -2.14. The second kappa shape index (κ2) is 7.27. The van der Waals surface area contributed by atoms with Crippen molar-refractivity contribution in [1.82, 2.24) is 0 Å². The molecule has 0 aliphatic carbocycles. The van der Waals surface area contributed by atoms with Gasteiger partial charge in [0.05, 0.1) is 5.56 Å². The molecule has 1 aromatic rings. The average molecular weight is 268 g/mol. The molecule has 0 aliphatic heterocycles. The lowest BCUT2D eigenvalue weighted by atomic mass is 10.2. The minimum Gasteiger partial charge on any atom is -0.460 e. The van der Waals surface area contributed by atoms with E-state index in [1.54, 1.807) is 0 Å². The molecule has 0 amide bonds. The van der Waals surface area contributed by atoms with Crippen LogP contribution in [-0.4, -0.2) is 25.2 Å². The third kappa shape index (κ3) is 4.89. The fourth-order valence-electron chi connectivity index (χ4n) is 1.06. The minimum absolute atomic E-state index is 0.101. The van der Waals surface area contributed by atoms with Gasteiger partial charge in [-0.15, -0.1) is 0 Å². The van der Waals surface area contributed by atoms with Gasteiger partial charge in [0.2, 0.25) is 0 Å². The molecular formula is C13H13FO5. The zero-order chi connectivity index (χ0) is 14.3. The van der Waals surface area contributed by atoms with Crippen LogP contribution in [0.1, 0.15) is 17.3 Å². The fourth-order valence-corrected chi connectivity index (χ4v) is 1.06. The molecule has 0 saturated heterocycles. The Labute approximate surface area is 109 Å². The third-order valence-corrected chi connectivity index (χ3v) is 1.98. The van der Waals surface area contributed by atoms with E-state index >= 15 is 0 Å². The second-order valence-corrected chi connectivity index (χ2v) is 3.59. The third-order valence-electron chi connectivity index (χ3n) is 1.98. The number of hydrogen-bond acceptors (Lipinski definition) is 5. The molecule has 0 radical (unpaired) electrons. The molecule has 0 heterocycles. The zero-order valence-corrected chi connectivity index (χ0v) is 10.3. The molecule has 0 atom stereocenters. The maximum Gasteiger partial charge on any atom is 0.376 e. The van der Waals surface area contributed by atoms with Gasteiger partial charge in [-0.1, -0.05) is 18.7 Å². The van der Waals surface area contributed by atoms with Crippen molar-refractivity contribution >= 4 is 11.9 Å². The summed E-state index contributed by atoms with van der Waals surface area (Å²) in [5, 5.41) is 0. The largest absolute Gasteiger partial charge is 0.460 e. The van der Waals surface area contributed by atoms with Gasteiger partial charge in [-0.3, -0.25) is 4.89 Å². The molecule has 0 bridgehead atoms. The second-order valence-electron chi connectivity index (χ2n) is 3.59. The number of esters is 1. The Kier molecular flexibility index (Phi) is 5.69. The van der Waals surface area contributed by atoms with Crippen molar-refractivity contribution < 1.29 is 28.5 Å². The molecule has 19 heavy (non-hydrogen) atoms. The molecule has 0 aromatic heterocycles. The molecule has 1 rings (SSSR count). The van der Waals surface area contributed by atoms with E-state index in [4.69, 9.17) is 0 Å². The van der Waals surface area contributed by atoms with Gasteiger partial charge in [-0.2, -0.15) is 4.89 Å². The maximum absolute atomic E-state index is 13.2. The van der Waals surface area contributed by atoms with Crippen LogP contribution in [0.25, 0.3) is 0 Å². The summed E-state index contributed by atoms with van der Waals surface area (Å²) in [5.41, 5.74) is 0.0183. The molecule has 0 unspecified atom stereocenters. The summed E-state index contributed by atoms with van der Waals surface area (Å²) < 4.78 is 17.9. The van der Waals surface area contributed by atoms with Gasteiger partial charge in [0.15, 0.2) is 0 Å². The van der Waals surface area contributed by atoms with Crippen molar-refractivity contribution in [3.63, 3.8) is 0 Å². The molecule has 0 spiro atoms. The van der Waals surface area contributed by atoms with Crippen LogP contribution in [0, 0.1) is 5.82 Å². The summed E-state index contributed by atoms with van der Waals surface area (Å²) in [6.45, 7) is 4.64. The van der Waals surface area contributed by atoms with Crippen LogP contribution in [0.3, 0.4) is 0 Å². The smallest absolute Gasteiger partial charge is 0.376 e. The summed E-state index contributed by atoms with van der Waals surface area (Å²) in [5.74, 6) is -2.22. The summed E-state index contributed by atoms with van der Waals surface area (Å²) in [6.07, 6.45) is 0. The predicted molar refractivity (Wildman–Crippen MR) is 63.5 cm³/mol. The highest BCUT2D eigenvalue weighted by Gasteiger charge is 2.13. The number of rotatable bonds is 6. The Morgan fingerprint density at radius 2 is 1.95 bits per heavy atom. The van der Waals surface area contributed by atoms with Gasteiger partial charge in [-0.05, 0) is 19.1 Å². The van der Waals surface area contributed by atoms with Crippen molar-refractivity contribution in [2.45, 2.75) is 6.92 Å². The van der Waals surface area contributed by atoms with Crippen molar-refractivity contribution in [1.29, 1.82) is 0 Å². The van der Waals surface area contributed by atoms with Crippen molar-refractivity contribution in [2.75, 3.05) is 13.2 Å². The number of ether oxygens (including phenoxy) is 1. The average Bonchev–Trinajstić information content (AvgIpc) is 2.38. The topological polar surface area (TPSA) is 61.8 Å². The predicted octanol–water partition coefficient (Wildman–Crippen LogP) is 2.03. The summed E-state index contributed by atoms with van der Waals surface area (Å²) in [7, 11) is 0. The lowest BCUT2D eigenvalue weighted by Gasteiger charge is -2.05. The van der Waals surface area contributed by atoms with Crippen LogP contribution in [0.4, 0.5) is 4.39 Å². The first-order chi connectivity index (χ1) is 9.02. The first-order valence-corrected chi connectivity index (χ1v) is 5.43. The molecule has 0 fully saturated rings. The molecule has 0 aliphatic rings. The van der Waals surface area contributed by atoms with Crippen molar-refractivity contribution in [3.05, 3.63) is 47.8 Å². The lowest BCUT2D eigenvalue weighted by molar-refractivity contribution is -0.246. The van der Waals surface area contributed by atoms with E-state index in [-0.39, 0.29) is 24.4 Å². The Hall–Kier alpha value is -2.21. The first kappa shape index (κ1) is 14.8. The quantitative estimate of drug-likeness (QED) is 0.260. The van der Waals surface area contributed by atoms with E-state index in [2.05, 4.69) is 21.1 Å². The van der Waals surface area contributed by atoms with E-state index in [1.165, 1.54) is 25.1 Å². The van der Waals surface area contributed by atoms with Gasteiger partial charge < -0.3 is 4.74 Å². The number of hydrogen-bond donors (Lipinski definition) is 0. The molecule has 5 nitrogen and oxygen atoms in total. The highest BCUT2D eigenvalue weighted by atomic mass is 19.1. The normalized spacial score (nSPS) is 9.79. The summed E-state index contributed by atoms with van der Waals surface area (Å²) >= 11 is 0. The maximum atomic E-state index is 13.2. The van der Waals surface area contributed by atoms with Gasteiger partial charge in [0, 0.05) is 5.57 Å². The van der Waals surface area contributed by atoms with Crippen LogP contribution < -0.4 is 0 Å². The van der Waals surface area contributed by atoms with E-state index in [9.17, 15) is 14.0 Å². The van der Waals surface area contributed by atoms with Crippen LogP contribution in [0.15, 0.2) is 36.4 Å². The standard InChI is InChI=1S/C13H13FO5/c1-9(2)12(15)17-7-8-18-19-13(16)10-5-3-4-6-11(10)14/h3-6H,1,7-8H2,2H3. The van der Waals surface area contributed by atoms with E-state index < -0.39 is 17.8 Å². The fraction of sp³-hybridized carbons (Fsp3) is 0.231. The number of carbonyl (C=O) groups is 2. The SMILES string of the molecule is C=C(C)C(=O)OCCOOC(=O)c1ccccc1F. The highest BCUT2D eigenvalue weighted by molar-refractivity contribution is 5.89. The van der Waals surface area contributed by atoms with Crippen LogP contribution in [0.2, 0.25) is 0 Å². The zero-order valence-electron chi connectivity index (χ0n) is 10.3. The Morgan fingerprint density at radius 1 is 1.26 bits per heavy atom. The molecule has 102 valence electrons. The number of carbonyl (C=O) groups excluding carboxylic acids is 2. The van der Waals surface area contributed by atoms with Crippen LogP contribution >= 0.6 is 0 Å². The van der Waals surface area contributed by atoms with Crippen LogP contribution in [-0.2, 0) is 19.3 Å². The van der Waals surface area contributed by atoms with E-state index in [1.807, 2.05) is 0 Å². The van der Waals surface area contributed by atoms with Crippen LogP contribution in [0.5, 0.6) is 0 Å². The summed E-state index contributed by atoms with van der Waals surface area (Å²) in [4.78, 5) is 31.2. The molecule has 0 saturated carbocycles. The molecule has 6 heteroatoms. The first-order valence-electron chi connectivity index (χ1n) is 5.43. The van der Waals surface area contributed by atoms with Crippen molar-refractivity contribution in [2.24, 2.45) is 0 Å². The van der Waals surface area contributed by atoms with E-state index in [0.29, 0.717) is 0 Å². The number of halogens is 1. The van der Waals surface area contributed by atoms with Gasteiger partial charge in [0.1, 0.15) is 19.0 Å². The highest BCUT2D eigenvalue weighted by Crippen LogP contribution is 2.07. The van der Waals surface area contributed by atoms with Gasteiger partial charge in [-0.25, -0.2) is 14.0 Å². The van der Waals surface area contributed by atoms with Crippen molar-refractivity contribution in [3.8, 4) is 0 Å². The number of benzene rings is 1. The molecule has 1 aromatic carbocycles.